The summed E-state index contributed by atoms with van der Waals surface area (Å²) in [6.07, 6.45) is 3.06. The van der Waals surface area contributed by atoms with E-state index in [9.17, 15) is 9.59 Å². The first-order valence-electron chi connectivity index (χ1n) is 7.88. The lowest BCUT2D eigenvalue weighted by Crippen LogP contribution is -2.15. The Morgan fingerprint density at radius 1 is 1.12 bits per heavy atom. The first kappa shape index (κ1) is 17.2. The largest absolute Gasteiger partial charge is 0.467 e. The van der Waals surface area contributed by atoms with Gasteiger partial charge in [-0.3, -0.25) is 4.79 Å². The van der Waals surface area contributed by atoms with Gasteiger partial charge < -0.3 is 19.8 Å². The van der Waals surface area contributed by atoms with Crippen LogP contribution in [0.25, 0.3) is 0 Å². The molecular formula is C19H17N3O4. The van der Waals surface area contributed by atoms with Gasteiger partial charge in [-0.05, 0) is 36.4 Å². The number of benzene rings is 1. The Bertz CT molecular complexity index is 889. The number of carbonyl (C=O) groups excluding carboxylic acids is 2. The number of nitrogens with one attached hydrogen (secondary N) is 2. The summed E-state index contributed by atoms with van der Waals surface area (Å²) in [4.78, 5) is 28.4. The molecule has 0 aliphatic heterocycles. The maximum absolute atomic E-state index is 12.4. The molecule has 0 atom stereocenters. The van der Waals surface area contributed by atoms with E-state index in [-0.39, 0.29) is 11.5 Å². The molecule has 0 bridgehead atoms. The summed E-state index contributed by atoms with van der Waals surface area (Å²) in [5.41, 5.74) is 1.03. The van der Waals surface area contributed by atoms with E-state index >= 15 is 0 Å². The molecule has 26 heavy (non-hydrogen) atoms. The number of rotatable bonds is 6. The van der Waals surface area contributed by atoms with Crippen molar-refractivity contribution in [2.45, 2.75) is 6.54 Å². The number of hydrogen-bond acceptors (Lipinski definition) is 6. The summed E-state index contributed by atoms with van der Waals surface area (Å²) in [7, 11) is 1.29. The van der Waals surface area contributed by atoms with E-state index < -0.39 is 5.97 Å². The molecule has 132 valence electrons. The third-order valence-electron chi connectivity index (χ3n) is 3.63. The molecule has 0 spiro atoms. The highest BCUT2D eigenvalue weighted by molar-refractivity contribution is 6.07. The molecule has 0 aliphatic rings. The zero-order valence-corrected chi connectivity index (χ0v) is 14.1. The summed E-state index contributed by atoms with van der Waals surface area (Å²) in [6.45, 7) is 0.498. The Balaban J connectivity index is 1.66. The molecule has 1 amide bonds. The van der Waals surface area contributed by atoms with Crippen LogP contribution >= 0.6 is 0 Å². The van der Waals surface area contributed by atoms with Crippen molar-refractivity contribution in [1.82, 2.24) is 4.98 Å². The van der Waals surface area contributed by atoms with Crippen molar-refractivity contribution >= 4 is 23.4 Å². The molecule has 3 rings (SSSR count). The number of anilines is 2. The monoisotopic (exact) mass is 351 g/mol. The second-order valence-corrected chi connectivity index (χ2v) is 5.36. The highest BCUT2D eigenvalue weighted by atomic mass is 16.5. The van der Waals surface area contributed by atoms with E-state index in [2.05, 4.69) is 15.6 Å². The summed E-state index contributed by atoms with van der Waals surface area (Å²) in [5.74, 6) is 0.517. The van der Waals surface area contributed by atoms with Gasteiger partial charge in [0.15, 0.2) is 0 Å². The van der Waals surface area contributed by atoms with E-state index in [0.717, 1.165) is 5.76 Å². The number of amides is 1. The number of esters is 1. The Kier molecular flexibility index (Phi) is 5.28. The average molecular weight is 351 g/mol. The molecule has 2 aromatic heterocycles. The standard InChI is InChI=1S/C19H17N3O4/c1-25-19(24)15-6-2-3-7-16(15)22-18(23)13-8-9-17(20-11-13)21-12-14-5-4-10-26-14/h2-11H,12H2,1H3,(H,20,21)(H,22,23). The Labute approximate surface area is 150 Å². The van der Waals surface area contributed by atoms with Crippen LogP contribution in [0.3, 0.4) is 0 Å². The maximum Gasteiger partial charge on any atom is 0.339 e. The quantitative estimate of drug-likeness (QED) is 0.662. The first-order valence-corrected chi connectivity index (χ1v) is 7.88. The summed E-state index contributed by atoms with van der Waals surface area (Å²) >= 11 is 0. The second kappa shape index (κ2) is 7.98. The van der Waals surface area contributed by atoms with Crippen molar-refractivity contribution in [2.75, 3.05) is 17.7 Å². The van der Waals surface area contributed by atoms with E-state index in [1.54, 1.807) is 42.7 Å². The minimum atomic E-state index is -0.517. The van der Waals surface area contributed by atoms with Crippen LogP contribution in [0.15, 0.2) is 65.4 Å². The van der Waals surface area contributed by atoms with Crippen molar-refractivity contribution in [2.24, 2.45) is 0 Å². The average Bonchev–Trinajstić information content (AvgIpc) is 3.20. The first-order chi connectivity index (χ1) is 12.7. The predicted molar refractivity (Wildman–Crippen MR) is 96.0 cm³/mol. The van der Waals surface area contributed by atoms with Crippen LogP contribution < -0.4 is 10.6 Å². The Hall–Kier alpha value is -3.61. The molecule has 1 aromatic carbocycles. The highest BCUT2D eigenvalue weighted by Crippen LogP contribution is 2.17. The molecule has 3 aromatic rings. The van der Waals surface area contributed by atoms with Crippen molar-refractivity contribution in [1.29, 1.82) is 0 Å². The molecule has 0 fully saturated rings. The predicted octanol–water partition coefficient (Wildman–Crippen LogP) is 3.33. The lowest BCUT2D eigenvalue weighted by Gasteiger charge is -2.10. The van der Waals surface area contributed by atoms with Crippen LogP contribution in [-0.4, -0.2) is 24.0 Å². The number of furan rings is 1. The van der Waals surface area contributed by atoms with Gasteiger partial charge in [0.1, 0.15) is 11.6 Å². The van der Waals surface area contributed by atoms with E-state index in [0.29, 0.717) is 23.6 Å². The molecule has 2 N–H and O–H groups in total. The lowest BCUT2D eigenvalue weighted by atomic mass is 10.1. The van der Waals surface area contributed by atoms with Crippen LogP contribution in [0.5, 0.6) is 0 Å². The number of carbonyl (C=O) groups is 2. The van der Waals surface area contributed by atoms with Gasteiger partial charge in [-0.25, -0.2) is 9.78 Å². The van der Waals surface area contributed by atoms with Gasteiger partial charge in [-0.2, -0.15) is 0 Å². The van der Waals surface area contributed by atoms with Gasteiger partial charge in [-0.1, -0.05) is 12.1 Å². The van der Waals surface area contributed by atoms with Crippen molar-refractivity contribution in [3.8, 4) is 0 Å². The Morgan fingerprint density at radius 2 is 1.96 bits per heavy atom. The molecular weight excluding hydrogens is 334 g/mol. The number of aromatic nitrogens is 1. The number of ether oxygens (including phenoxy) is 1. The van der Waals surface area contributed by atoms with Gasteiger partial charge in [0.2, 0.25) is 0 Å². The third kappa shape index (κ3) is 4.07. The van der Waals surface area contributed by atoms with E-state index in [1.807, 2.05) is 12.1 Å². The van der Waals surface area contributed by atoms with E-state index in [4.69, 9.17) is 9.15 Å². The van der Waals surface area contributed by atoms with Crippen LogP contribution in [0.1, 0.15) is 26.5 Å². The number of para-hydroxylation sites is 1. The van der Waals surface area contributed by atoms with Gasteiger partial charge in [-0.15, -0.1) is 0 Å². The van der Waals surface area contributed by atoms with Crippen molar-refractivity contribution in [3.05, 3.63) is 77.9 Å². The molecule has 0 unspecified atom stereocenters. The summed E-state index contributed by atoms with van der Waals surface area (Å²) in [5, 5.41) is 5.80. The minimum absolute atomic E-state index is 0.285. The molecule has 0 radical (unpaired) electrons. The molecule has 7 nitrogen and oxygen atoms in total. The third-order valence-corrected chi connectivity index (χ3v) is 3.63. The number of pyridine rings is 1. The maximum atomic E-state index is 12.4. The van der Waals surface area contributed by atoms with Crippen molar-refractivity contribution in [3.63, 3.8) is 0 Å². The number of methoxy groups -OCH3 is 1. The molecule has 0 saturated carbocycles. The lowest BCUT2D eigenvalue weighted by molar-refractivity contribution is 0.0602. The zero-order chi connectivity index (χ0) is 18.4. The fourth-order valence-corrected chi connectivity index (χ4v) is 2.30. The summed E-state index contributed by atoms with van der Waals surface area (Å²) in [6, 6.07) is 13.7. The molecule has 7 heteroatoms. The number of hydrogen-bond donors (Lipinski definition) is 2. The van der Waals surface area contributed by atoms with Gasteiger partial charge >= 0.3 is 5.97 Å². The summed E-state index contributed by atoms with van der Waals surface area (Å²) < 4.78 is 9.95. The van der Waals surface area contributed by atoms with Crippen LogP contribution in [0, 0.1) is 0 Å². The SMILES string of the molecule is COC(=O)c1ccccc1NC(=O)c1ccc(NCc2ccco2)nc1. The van der Waals surface area contributed by atoms with Crippen LogP contribution in [0.4, 0.5) is 11.5 Å². The van der Waals surface area contributed by atoms with Gasteiger partial charge in [0.25, 0.3) is 5.91 Å². The van der Waals surface area contributed by atoms with E-state index in [1.165, 1.54) is 13.3 Å². The zero-order valence-electron chi connectivity index (χ0n) is 14.1. The fraction of sp³-hybridized carbons (Fsp3) is 0.105. The normalized spacial score (nSPS) is 10.2. The topological polar surface area (TPSA) is 93.5 Å². The number of nitrogens with zero attached hydrogens (tertiary/aromatic N) is 1. The molecule has 2 heterocycles. The molecule has 0 aliphatic carbocycles. The smallest absolute Gasteiger partial charge is 0.339 e. The second-order valence-electron chi connectivity index (χ2n) is 5.36. The van der Waals surface area contributed by atoms with Crippen molar-refractivity contribution < 1.29 is 18.7 Å². The highest BCUT2D eigenvalue weighted by Gasteiger charge is 2.14. The fourth-order valence-electron chi connectivity index (χ4n) is 2.30. The van der Waals surface area contributed by atoms with Crippen LogP contribution in [0.2, 0.25) is 0 Å². The Morgan fingerprint density at radius 3 is 2.65 bits per heavy atom. The van der Waals surface area contributed by atoms with Gasteiger partial charge in [0.05, 0.1) is 36.7 Å². The van der Waals surface area contributed by atoms with Gasteiger partial charge in [0, 0.05) is 6.20 Å². The minimum Gasteiger partial charge on any atom is -0.467 e. The van der Waals surface area contributed by atoms with Crippen LogP contribution in [-0.2, 0) is 11.3 Å². The molecule has 0 saturated heterocycles.